The van der Waals surface area contributed by atoms with Crippen LogP contribution < -0.4 is 0 Å². The number of halogens is 4. The molecule has 0 aromatic heterocycles. The quantitative estimate of drug-likeness (QED) is 0.583. The fourth-order valence-corrected chi connectivity index (χ4v) is 1.80. The first-order valence-electron chi connectivity index (χ1n) is 4.22. The Morgan fingerprint density at radius 3 is 2.07 bits per heavy atom. The summed E-state index contributed by atoms with van der Waals surface area (Å²) in [7, 11) is -5.15. The molecule has 0 saturated heterocycles. The molecule has 0 rings (SSSR count). The molecule has 0 aromatic rings. The van der Waals surface area contributed by atoms with Crippen LogP contribution in [0.2, 0.25) is 0 Å². The topological polar surface area (TPSA) is 54.4 Å². The standard InChI is InChI=1S/C7H12F4O3S/c1-2-3-7(10,11)4-5(6(8)9)15(12,13)14/h5-6H,2-4H2,1H3,(H,12,13,14). The van der Waals surface area contributed by atoms with E-state index in [9.17, 15) is 26.0 Å². The minimum atomic E-state index is -5.15. The lowest BCUT2D eigenvalue weighted by Gasteiger charge is -2.20. The van der Waals surface area contributed by atoms with Gasteiger partial charge in [0.05, 0.1) is 0 Å². The Morgan fingerprint density at radius 2 is 1.80 bits per heavy atom. The van der Waals surface area contributed by atoms with Crippen molar-refractivity contribution in [3.05, 3.63) is 0 Å². The van der Waals surface area contributed by atoms with Crippen LogP contribution in [0.15, 0.2) is 0 Å². The van der Waals surface area contributed by atoms with Gasteiger partial charge in [-0.05, 0) is 0 Å². The highest BCUT2D eigenvalue weighted by Crippen LogP contribution is 2.30. The molecule has 3 nitrogen and oxygen atoms in total. The lowest BCUT2D eigenvalue weighted by atomic mass is 10.1. The van der Waals surface area contributed by atoms with Crippen LogP contribution in [0.5, 0.6) is 0 Å². The largest absolute Gasteiger partial charge is 0.285 e. The molecule has 8 heteroatoms. The predicted molar refractivity (Wildman–Crippen MR) is 45.8 cm³/mol. The third kappa shape index (κ3) is 5.31. The molecule has 0 amide bonds. The van der Waals surface area contributed by atoms with Gasteiger partial charge < -0.3 is 0 Å². The summed E-state index contributed by atoms with van der Waals surface area (Å²) in [4.78, 5) is 0. The molecule has 0 aliphatic rings. The second-order valence-electron chi connectivity index (χ2n) is 3.20. The third-order valence-corrected chi connectivity index (χ3v) is 2.92. The SMILES string of the molecule is CCCC(F)(F)CC(C(F)F)S(=O)(=O)O. The number of hydrogen-bond acceptors (Lipinski definition) is 2. The Kier molecular flexibility index (Phi) is 4.98. The summed E-state index contributed by atoms with van der Waals surface area (Å²) in [5, 5.41) is -2.72. The molecule has 0 fully saturated rings. The molecular weight excluding hydrogens is 240 g/mol. The van der Waals surface area contributed by atoms with E-state index in [1.165, 1.54) is 6.92 Å². The maximum Gasteiger partial charge on any atom is 0.273 e. The Labute approximate surface area is 85.2 Å². The molecule has 1 unspecified atom stereocenters. The van der Waals surface area contributed by atoms with Gasteiger partial charge in [-0.2, -0.15) is 8.42 Å². The average Bonchev–Trinajstić information content (AvgIpc) is 1.97. The van der Waals surface area contributed by atoms with Crippen LogP contribution in [-0.4, -0.2) is 30.6 Å². The number of rotatable bonds is 6. The van der Waals surface area contributed by atoms with Crippen molar-refractivity contribution in [2.24, 2.45) is 0 Å². The van der Waals surface area contributed by atoms with Gasteiger partial charge in [-0.1, -0.05) is 13.3 Å². The molecule has 0 radical (unpaired) electrons. The highest BCUT2D eigenvalue weighted by Gasteiger charge is 2.42. The van der Waals surface area contributed by atoms with Gasteiger partial charge in [0.25, 0.3) is 16.5 Å². The molecule has 0 spiro atoms. The second kappa shape index (κ2) is 5.11. The van der Waals surface area contributed by atoms with Crippen molar-refractivity contribution in [3.63, 3.8) is 0 Å². The molecule has 0 saturated carbocycles. The highest BCUT2D eigenvalue weighted by atomic mass is 32.2. The molecule has 0 aliphatic heterocycles. The first kappa shape index (κ1) is 14.6. The van der Waals surface area contributed by atoms with Crippen LogP contribution >= 0.6 is 0 Å². The smallest absolute Gasteiger partial charge is 0.273 e. The van der Waals surface area contributed by atoms with E-state index >= 15 is 0 Å². The summed E-state index contributed by atoms with van der Waals surface area (Å²) < 4.78 is 79.0. The zero-order valence-corrected chi connectivity index (χ0v) is 8.78. The second-order valence-corrected chi connectivity index (χ2v) is 4.83. The summed E-state index contributed by atoms with van der Waals surface area (Å²) in [5.41, 5.74) is 0. The van der Waals surface area contributed by atoms with Gasteiger partial charge in [0, 0.05) is 12.8 Å². The maximum absolute atomic E-state index is 12.9. The summed E-state index contributed by atoms with van der Waals surface area (Å²) in [6.45, 7) is 1.42. The Balaban J connectivity index is 4.71. The van der Waals surface area contributed by atoms with E-state index in [1.807, 2.05) is 0 Å². The molecule has 92 valence electrons. The monoisotopic (exact) mass is 252 g/mol. The molecule has 1 atom stereocenters. The average molecular weight is 252 g/mol. The lowest BCUT2D eigenvalue weighted by molar-refractivity contribution is -0.0313. The van der Waals surface area contributed by atoms with Crippen LogP contribution in [0.1, 0.15) is 26.2 Å². The molecule has 0 aliphatic carbocycles. The first-order valence-corrected chi connectivity index (χ1v) is 5.73. The lowest BCUT2D eigenvalue weighted by Crippen LogP contribution is -2.35. The van der Waals surface area contributed by atoms with Crippen molar-refractivity contribution >= 4 is 10.1 Å². The van der Waals surface area contributed by atoms with Crippen LogP contribution in [-0.2, 0) is 10.1 Å². The summed E-state index contributed by atoms with van der Waals surface area (Å²) in [6.07, 6.45) is -5.74. The van der Waals surface area contributed by atoms with Gasteiger partial charge in [-0.25, -0.2) is 17.6 Å². The van der Waals surface area contributed by atoms with Crippen LogP contribution in [0.25, 0.3) is 0 Å². The summed E-state index contributed by atoms with van der Waals surface area (Å²) in [6, 6.07) is 0. The third-order valence-electron chi connectivity index (χ3n) is 1.78. The predicted octanol–water partition coefficient (Wildman–Crippen LogP) is 2.33. The fraction of sp³-hybridized carbons (Fsp3) is 1.00. The summed E-state index contributed by atoms with van der Waals surface area (Å²) >= 11 is 0. The minimum absolute atomic E-state index is 0.0361. The van der Waals surface area contributed by atoms with E-state index in [0.29, 0.717) is 0 Å². The molecular formula is C7H12F4O3S. The van der Waals surface area contributed by atoms with E-state index in [1.54, 1.807) is 0 Å². The molecule has 0 heterocycles. The highest BCUT2D eigenvalue weighted by molar-refractivity contribution is 7.86. The molecule has 0 aromatic carbocycles. The van der Waals surface area contributed by atoms with Crippen LogP contribution in [0, 0.1) is 0 Å². The Morgan fingerprint density at radius 1 is 1.33 bits per heavy atom. The Bertz CT molecular complexity index is 289. The van der Waals surface area contributed by atoms with Gasteiger partial charge >= 0.3 is 0 Å². The first-order chi connectivity index (χ1) is 6.60. The van der Waals surface area contributed by atoms with E-state index in [0.717, 1.165) is 0 Å². The van der Waals surface area contributed by atoms with Gasteiger partial charge in [0.2, 0.25) is 5.92 Å². The Hall–Kier alpha value is -0.370. The van der Waals surface area contributed by atoms with Crippen LogP contribution in [0.3, 0.4) is 0 Å². The summed E-state index contributed by atoms with van der Waals surface area (Å²) in [5.74, 6) is -3.51. The van der Waals surface area contributed by atoms with Crippen molar-refractivity contribution < 1.29 is 30.5 Å². The van der Waals surface area contributed by atoms with Gasteiger partial charge in [0.1, 0.15) is 0 Å². The normalized spacial score (nSPS) is 15.7. The van der Waals surface area contributed by atoms with Gasteiger partial charge in [-0.3, -0.25) is 4.55 Å². The fourth-order valence-electron chi connectivity index (χ4n) is 1.09. The number of hydrogen-bond donors (Lipinski definition) is 1. The van der Waals surface area contributed by atoms with Gasteiger partial charge in [0.15, 0.2) is 5.25 Å². The van der Waals surface area contributed by atoms with Gasteiger partial charge in [-0.15, -0.1) is 0 Å². The minimum Gasteiger partial charge on any atom is -0.285 e. The zero-order valence-electron chi connectivity index (χ0n) is 7.96. The maximum atomic E-state index is 12.9. The molecule has 1 N–H and O–H groups in total. The van der Waals surface area contributed by atoms with Crippen molar-refractivity contribution in [1.29, 1.82) is 0 Å². The van der Waals surface area contributed by atoms with Crippen molar-refractivity contribution in [3.8, 4) is 0 Å². The van der Waals surface area contributed by atoms with E-state index in [4.69, 9.17) is 4.55 Å². The van der Waals surface area contributed by atoms with Crippen molar-refractivity contribution in [2.45, 2.75) is 43.8 Å². The zero-order chi connectivity index (χ0) is 12.3. The van der Waals surface area contributed by atoms with E-state index < -0.39 is 40.6 Å². The van der Waals surface area contributed by atoms with E-state index in [2.05, 4.69) is 0 Å². The van der Waals surface area contributed by atoms with Crippen molar-refractivity contribution in [2.75, 3.05) is 0 Å². The molecule has 15 heavy (non-hydrogen) atoms. The molecule has 0 bridgehead atoms. The number of alkyl halides is 4. The van der Waals surface area contributed by atoms with Crippen LogP contribution in [0.4, 0.5) is 17.6 Å². The van der Waals surface area contributed by atoms with Crippen molar-refractivity contribution in [1.82, 2.24) is 0 Å². The van der Waals surface area contributed by atoms with E-state index in [-0.39, 0.29) is 6.42 Å².